The highest BCUT2D eigenvalue weighted by Crippen LogP contribution is 2.10. The molecule has 78 valence electrons. The molecule has 0 unspecified atom stereocenters. The molecule has 0 fully saturated rings. The van der Waals surface area contributed by atoms with E-state index in [1.807, 2.05) is 30.3 Å². The predicted octanol–water partition coefficient (Wildman–Crippen LogP) is 3.36. The Morgan fingerprint density at radius 1 is 0.750 bits per heavy atom. The maximum atomic E-state index is 13.2. The van der Waals surface area contributed by atoms with E-state index >= 15 is 0 Å². The zero-order valence-electron chi connectivity index (χ0n) is 8.37. The molecule has 0 atom stereocenters. The lowest BCUT2D eigenvalue weighted by Crippen LogP contribution is -1.88. The van der Waals surface area contributed by atoms with E-state index in [9.17, 15) is 8.78 Å². The Morgan fingerprint density at radius 3 is 2.25 bits per heavy atom. The van der Waals surface area contributed by atoms with Crippen LogP contribution in [0.2, 0.25) is 0 Å². The molecular formula is C14H8F2. The minimum Gasteiger partial charge on any atom is -0.204 e. The summed E-state index contributed by atoms with van der Waals surface area (Å²) < 4.78 is 26.1. The van der Waals surface area contributed by atoms with Crippen molar-refractivity contribution in [2.75, 3.05) is 0 Å². The quantitative estimate of drug-likeness (QED) is 0.590. The van der Waals surface area contributed by atoms with Gasteiger partial charge in [-0.25, -0.2) is 8.78 Å². The van der Waals surface area contributed by atoms with Gasteiger partial charge in [0.15, 0.2) is 11.6 Å². The van der Waals surface area contributed by atoms with Crippen LogP contribution in [0, 0.1) is 23.5 Å². The molecule has 0 nitrogen and oxygen atoms in total. The molecule has 0 N–H and O–H groups in total. The normalized spacial score (nSPS) is 9.38. The minimum atomic E-state index is -0.897. The van der Waals surface area contributed by atoms with Crippen molar-refractivity contribution in [3.8, 4) is 11.8 Å². The maximum absolute atomic E-state index is 13.2. The lowest BCUT2D eigenvalue weighted by atomic mass is 10.1. The van der Waals surface area contributed by atoms with Crippen molar-refractivity contribution >= 4 is 0 Å². The Morgan fingerprint density at radius 2 is 1.50 bits per heavy atom. The Balaban J connectivity index is 2.35. The minimum absolute atomic E-state index is 0.0730. The van der Waals surface area contributed by atoms with Crippen LogP contribution in [0.15, 0.2) is 48.5 Å². The molecule has 0 spiro atoms. The van der Waals surface area contributed by atoms with Crippen LogP contribution in [0.25, 0.3) is 0 Å². The van der Waals surface area contributed by atoms with Gasteiger partial charge in [0.05, 0.1) is 5.56 Å². The fourth-order valence-corrected chi connectivity index (χ4v) is 1.26. The molecule has 0 heterocycles. The summed E-state index contributed by atoms with van der Waals surface area (Å²) in [5, 5.41) is 0. The van der Waals surface area contributed by atoms with Crippen LogP contribution in [0.5, 0.6) is 0 Å². The fraction of sp³-hybridized carbons (Fsp3) is 0. The second-order valence-electron chi connectivity index (χ2n) is 3.22. The average molecular weight is 214 g/mol. The van der Waals surface area contributed by atoms with Gasteiger partial charge in [0.25, 0.3) is 0 Å². The van der Waals surface area contributed by atoms with E-state index in [1.165, 1.54) is 12.1 Å². The van der Waals surface area contributed by atoms with Gasteiger partial charge >= 0.3 is 0 Å². The smallest absolute Gasteiger partial charge is 0.174 e. The van der Waals surface area contributed by atoms with E-state index in [2.05, 4.69) is 11.8 Å². The Labute approximate surface area is 92.5 Å². The van der Waals surface area contributed by atoms with Crippen LogP contribution < -0.4 is 0 Å². The van der Waals surface area contributed by atoms with Gasteiger partial charge in [-0.1, -0.05) is 36.1 Å². The zero-order valence-corrected chi connectivity index (χ0v) is 8.37. The van der Waals surface area contributed by atoms with Crippen LogP contribution in [-0.4, -0.2) is 0 Å². The molecule has 16 heavy (non-hydrogen) atoms. The summed E-state index contributed by atoms with van der Waals surface area (Å²) in [5.74, 6) is 3.60. The highest BCUT2D eigenvalue weighted by Gasteiger charge is 2.03. The first kappa shape index (κ1) is 10.4. The molecule has 0 aliphatic rings. The van der Waals surface area contributed by atoms with Crippen molar-refractivity contribution in [2.24, 2.45) is 0 Å². The number of rotatable bonds is 0. The topological polar surface area (TPSA) is 0 Å². The summed E-state index contributed by atoms with van der Waals surface area (Å²) in [6, 6.07) is 13.1. The second-order valence-corrected chi connectivity index (χ2v) is 3.22. The van der Waals surface area contributed by atoms with E-state index in [1.54, 1.807) is 0 Å². The molecule has 0 aliphatic heterocycles. The van der Waals surface area contributed by atoms with Gasteiger partial charge in [-0.3, -0.25) is 0 Å². The summed E-state index contributed by atoms with van der Waals surface area (Å²) in [4.78, 5) is 0. The average Bonchev–Trinajstić information content (AvgIpc) is 2.32. The molecule has 0 aromatic heterocycles. The van der Waals surface area contributed by atoms with Gasteiger partial charge in [0.2, 0.25) is 0 Å². The van der Waals surface area contributed by atoms with Crippen molar-refractivity contribution in [2.45, 2.75) is 0 Å². The van der Waals surface area contributed by atoms with Crippen LogP contribution in [-0.2, 0) is 0 Å². The first-order valence-corrected chi connectivity index (χ1v) is 4.78. The van der Waals surface area contributed by atoms with Crippen molar-refractivity contribution < 1.29 is 8.78 Å². The summed E-state index contributed by atoms with van der Waals surface area (Å²) in [6.45, 7) is 0. The first-order chi connectivity index (χ1) is 7.77. The van der Waals surface area contributed by atoms with Gasteiger partial charge in [-0.05, 0) is 24.3 Å². The van der Waals surface area contributed by atoms with Crippen LogP contribution in [0.1, 0.15) is 11.1 Å². The van der Waals surface area contributed by atoms with Crippen molar-refractivity contribution in [1.29, 1.82) is 0 Å². The van der Waals surface area contributed by atoms with Gasteiger partial charge in [0.1, 0.15) is 0 Å². The molecule has 0 bridgehead atoms. The van der Waals surface area contributed by atoms with Crippen LogP contribution >= 0.6 is 0 Å². The molecule has 2 rings (SSSR count). The van der Waals surface area contributed by atoms with Gasteiger partial charge in [0, 0.05) is 5.56 Å². The summed E-state index contributed by atoms with van der Waals surface area (Å²) in [7, 11) is 0. The lowest BCUT2D eigenvalue weighted by Gasteiger charge is -1.94. The third-order valence-corrected chi connectivity index (χ3v) is 2.07. The Bertz CT molecular complexity index is 548. The molecule has 0 radical (unpaired) electrons. The SMILES string of the molecule is Fc1cccc(C#Cc2ccccc2)c1F. The van der Waals surface area contributed by atoms with Crippen molar-refractivity contribution in [1.82, 2.24) is 0 Å². The monoisotopic (exact) mass is 214 g/mol. The molecule has 2 heteroatoms. The van der Waals surface area contributed by atoms with E-state index in [0.717, 1.165) is 11.6 Å². The molecule has 2 aromatic rings. The van der Waals surface area contributed by atoms with Crippen molar-refractivity contribution in [3.63, 3.8) is 0 Å². The zero-order chi connectivity index (χ0) is 11.4. The van der Waals surface area contributed by atoms with Gasteiger partial charge in [-0.2, -0.15) is 0 Å². The summed E-state index contributed by atoms with van der Waals surface area (Å²) in [5.41, 5.74) is 0.843. The van der Waals surface area contributed by atoms with Crippen LogP contribution in [0.4, 0.5) is 8.78 Å². The summed E-state index contributed by atoms with van der Waals surface area (Å²) >= 11 is 0. The van der Waals surface area contributed by atoms with Crippen molar-refractivity contribution in [3.05, 3.63) is 71.3 Å². The Hall–Kier alpha value is -2.14. The number of halogens is 2. The highest BCUT2D eigenvalue weighted by molar-refractivity contribution is 5.43. The van der Waals surface area contributed by atoms with E-state index in [-0.39, 0.29) is 5.56 Å². The van der Waals surface area contributed by atoms with Crippen LogP contribution in [0.3, 0.4) is 0 Å². The lowest BCUT2D eigenvalue weighted by molar-refractivity contribution is 0.506. The largest absolute Gasteiger partial charge is 0.204 e. The molecule has 0 amide bonds. The highest BCUT2D eigenvalue weighted by atomic mass is 19.2. The third kappa shape index (κ3) is 2.26. The maximum Gasteiger partial charge on any atom is 0.174 e. The summed E-state index contributed by atoms with van der Waals surface area (Å²) in [6.07, 6.45) is 0. The van der Waals surface area contributed by atoms with E-state index in [4.69, 9.17) is 0 Å². The standard InChI is InChI=1S/C14H8F2/c15-13-8-4-7-12(14(13)16)10-9-11-5-2-1-3-6-11/h1-8H. The van der Waals surface area contributed by atoms with Gasteiger partial charge < -0.3 is 0 Å². The number of hydrogen-bond donors (Lipinski definition) is 0. The third-order valence-electron chi connectivity index (χ3n) is 2.07. The predicted molar refractivity (Wildman–Crippen MR) is 58.8 cm³/mol. The number of benzene rings is 2. The molecule has 0 saturated heterocycles. The number of hydrogen-bond acceptors (Lipinski definition) is 0. The van der Waals surface area contributed by atoms with E-state index < -0.39 is 11.6 Å². The molecular weight excluding hydrogens is 206 g/mol. The Kier molecular flexibility index (Phi) is 2.98. The van der Waals surface area contributed by atoms with E-state index in [0.29, 0.717) is 0 Å². The molecule has 0 aliphatic carbocycles. The first-order valence-electron chi connectivity index (χ1n) is 4.78. The molecule has 0 saturated carbocycles. The second kappa shape index (κ2) is 4.59. The fourth-order valence-electron chi connectivity index (χ4n) is 1.26. The van der Waals surface area contributed by atoms with Gasteiger partial charge in [-0.15, -0.1) is 0 Å². The molecule has 2 aromatic carbocycles.